The van der Waals surface area contributed by atoms with Crippen LogP contribution in [-0.4, -0.2) is 17.4 Å². The van der Waals surface area contributed by atoms with Gasteiger partial charge in [0.1, 0.15) is 5.76 Å². The van der Waals surface area contributed by atoms with Gasteiger partial charge in [-0.1, -0.05) is 18.2 Å². The summed E-state index contributed by atoms with van der Waals surface area (Å²) in [5, 5.41) is 4.28. The van der Waals surface area contributed by atoms with Gasteiger partial charge in [-0.3, -0.25) is 4.79 Å². The number of rotatable bonds is 5. The monoisotopic (exact) mass is 294 g/mol. The summed E-state index contributed by atoms with van der Waals surface area (Å²) in [7, 11) is 0. The maximum absolute atomic E-state index is 12.1. The molecule has 0 radical (unpaired) electrons. The fourth-order valence-corrected chi connectivity index (χ4v) is 3.09. The number of aromatic amines is 1. The predicted octanol–water partition coefficient (Wildman–Crippen LogP) is 3.22. The molecule has 2 heterocycles. The van der Waals surface area contributed by atoms with Crippen molar-refractivity contribution >= 4 is 16.8 Å². The van der Waals surface area contributed by atoms with Gasteiger partial charge >= 0.3 is 0 Å². The number of carbonyl (C=O) groups excluding carboxylic acids is 1. The van der Waals surface area contributed by atoms with Crippen molar-refractivity contribution in [2.75, 3.05) is 6.54 Å². The molecule has 4 heteroatoms. The van der Waals surface area contributed by atoms with Gasteiger partial charge in [-0.25, -0.2) is 0 Å². The number of hydrogen-bond acceptors (Lipinski definition) is 2. The van der Waals surface area contributed by atoms with E-state index in [0.29, 0.717) is 6.54 Å². The van der Waals surface area contributed by atoms with Crippen LogP contribution in [0.5, 0.6) is 0 Å². The minimum absolute atomic E-state index is 0.0779. The van der Waals surface area contributed by atoms with E-state index in [9.17, 15) is 4.79 Å². The normalized spacial score (nSPS) is 20.2. The van der Waals surface area contributed by atoms with Crippen molar-refractivity contribution in [1.82, 2.24) is 10.3 Å². The van der Waals surface area contributed by atoms with Crippen LogP contribution in [0.15, 0.2) is 53.3 Å². The Morgan fingerprint density at radius 2 is 2.18 bits per heavy atom. The number of H-pyrrole nitrogens is 1. The summed E-state index contributed by atoms with van der Waals surface area (Å²) in [6.07, 6.45) is 5.43. The molecule has 1 amide bonds. The van der Waals surface area contributed by atoms with Crippen LogP contribution >= 0.6 is 0 Å². The third-order valence-corrected chi connectivity index (χ3v) is 4.40. The summed E-state index contributed by atoms with van der Waals surface area (Å²) in [5.41, 5.74) is 2.39. The second-order valence-electron chi connectivity index (χ2n) is 5.86. The van der Waals surface area contributed by atoms with Crippen LogP contribution in [0.4, 0.5) is 0 Å². The molecule has 0 aliphatic heterocycles. The van der Waals surface area contributed by atoms with Crippen LogP contribution in [0.1, 0.15) is 23.7 Å². The fourth-order valence-electron chi connectivity index (χ4n) is 3.09. The highest BCUT2D eigenvalue weighted by Gasteiger charge is 2.45. The van der Waals surface area contributed by atoms with Crippen molar-refractivity contribution in [2.45, 2.75) is 18.8 Å². The van der Waals surface area contributed by atoms with Gasteiger partial charge < -0.3 is 14.7 Å². The van der Waals surface area contributed by atoms with E-state index in [2.05, 4.69) is 22.4 Å². The Morgan fingerprint density at radius 1 is 1.27 bits per heavy atom. The van der Waals surface area contributed by atoms with E-state index in [4.69, 9.17) is 4.42 Å². The Balaban J connectivity index is 1.31. The van der Waals surface area contributed by atoms with E-state index in [-0.39, 0.29) is 17.7 Å². The van der Waals surface area contributed by atoms with Gasteiger partial charge in [0.05, 0.1) is 6.26 Å². The largest absolute Gasteiger partial charge is 0.469 e. The summed E-state index contributed by atoms with van der Waals surface area (Å²) in [5.74, 6) is 1.41. The van der Waals surface area contributed by atoms with Crippen molar-refractivity contribution in [3.05, 3.63) is 60.2 Å². The Labute approximate surface area is 128 Å². The third-order valence-electron chi connectivity index (χ3n) is 4.40. The molecule has 22 heavy (non-hydrogen) atoms. The minimum Gasteiger partial charge on any atom is -0.469 e. The van der Waals surface area contributed by atoms with Gasteiger partial charge in [-0.2, -0.15) is 0 Å². The molecule has 3 aromatic rings. The molecule has 112 valence electrons. The fraction of sp³-hybridized carbons (Fsp3) is 0.278. The Bertz CT molecular complexity index is 788. The lowest BCUT2D eigenvalue weighted by Gasteiger charge is -2.04. The van der Waals surface area contributed by atoms with Crippen LogP contribution in [0.25, 0.3) is 10.9 Å². The quantitative estimate of drug-likeness (QED) is 0.759. The smallest absolute Gasteiger partial charge is 0.223 e. The number of aromatic nitrogens is 1. The molecule has 2 aromatic heterocycles. The summed E-state index contributed by atoms with van der Waals surface area (Å²) >= 11 is 0. The molecular formula is C18H18N2O2. The lowest BCUT2D eigenvalue weighted by Crippen LogP contribution is -2.27. The Hall–Kier alpha value is -2.49. The van der Waals surface area contributed by atoms with Gasteiger partial charge in [0.2, 0.25) is 5.91 Å². The Kier molecular flexibility index (Phi) is 3.22. The van der Waals surface area contributed by atoms with Crippen molar-refractivity contribution < 1.29 is 9.21 Å². The van der Waals surface area contributed by atoms with E-state index in [1.807, 2.05) is 30.5 Å². The van der Waals surface area contributed by atoms with Gasteiger partial charge in [0, 0.05) is 35.5 Å². The molecule has 1 saturated carbocycles. The van der Waals surface area contributed by atoms with E-state index in [0.717, 1.165) is 24.1 Å². The SMILES string of the molecule is O=C(NCCc1c[nH]c2ccccc12)[C@H]1C[C@@H]1c1ccco1. The molecule has 1 aromatic carbocycles. The highest BCUT2D eigenvalue weighted by Crippen LogP contribution is 2.47. The molecule has 1 aliphatic carbocycles. The maximum atomic E-state index is 12.1. The summed E-state index contributed by atoms with van der Waals surface area (Å²) in [6.45, 7) is 0.669. The first kappa shape index (κ1) is 13.2. The van der Waals surface area contributed by atoms with Crippen molar-refractivity contribution in [3.8, 4) is 0 Å². The van der Waals surface area contributed by atoms with Crippen molar-refractivity contribution in [3.63, 3.8) is 0 Å². The molecule has 2 atom stereocenters. The lowest BCUT2D eigenvalue weighted by atomic mass is 10.1. The maximum Gasteiger partial charge on any atom is 0.223 e. The first-order valence-corrected chi connectivity index (χ1v) is 7.69. The van der Waals surface area contributed by atoms with E-state index >= 15 is 0 Å². The molecule has 1 aliphatic rings. The molecule has 0 spiro atoms. The minimum atomic E-state index is 0.0779. The molecule has 0 unspecified atom stereocenters. The molecule has 4 rings (SSSR count). The second kappa shape index (κ2) is 5.37. The number of fused-ring (bicyclic) bond motifs is 1. The second-order valence-corrected chi connectivity index (χ2v) is 5.86. The van der Waals surface area contributed by atoms with Gasteiger partial charge in [0.15, 0.2) is 0 Å². The lowest BCUT2D eigenvalue weighted by molar-refractivity contribution is -0.122. The van der Waals surface area contributed by atoms with Crippen LogP contribution in [0, 0.1) is 5.92 Å². The highest BCUT2D eigenvalue weighted by molar-refractivity contribution is 5.84. The first-order valence-electron chi connectivity index (χ1n) is 7.69. The van der Waals surface area contributed by atoms with Crippen LogP contribution in [0.3, 0.4) is 0 Å². The number of nitrogens with one attached hydrogen (secondary N) is 2. The number of amides is 1. The number of hydrogen-bond donors (Lipinski definition) is 2. The number of carbonyl (C=O) groups is 1. The van der Waals surface area contributed by atoms with Crippen LogP contribution < -0.4 is 5.32 Å². The highest BCUT2D eigenvalue weighted by atomic mass is 16.3. The van der Waals surface area contributed by atoms with E-state index < -0.39 is 0 Å². The van der Waals surface area contributed by atoms with Crippen molar-refractivity contribution in [2.24, 2.45) is 5.92 Å². The van der Waals surface area contributed by atoms with Crippen LogP contribution in [0.2, 0.25) is 0 Å². The zero-order valence-corrected chi connectivity index (χ0v) is 12.2. The number of para-hydroxylation sites is 1. The molecule has 0 bridgehead atoms. The van der Waals surface area contributed by atoms with Gasteiger partial charge in [-0.05, 0) is 36.6 Å². The van der Waals surface area contributed by atoms with Crippen molar-refractivity contribution in [1.29, 1.82) is 0 Å². The van der Waals surface area contributed by atoms with Gasteiger partial charge in [0.25, 0.3) is 0 Å². The Morgan fingerprint density at radius 3 is 3.05 bits per heavy atom. The molecule has 4 nitrogen and oxygen atoms in total. The zero-order chi connectivity index (χ0) is 14.9. The van der Waals surface area contributed by atoms with Crippen LogP contribution in [-0.2, 0) is 11.2 Å². The predicted molar refractivity (Wildman–Crippen MR) is 84.6 cm³/mol. The number of benzene rings is 1. The molecule has 2 N–H and O–H groups in total. The standard InChI is InChI=1S/C18H18N2O2/c21-18(15-10-14(15)17-6-3-9-22-17)19-8-7-12-11-20-16-5-2-1-4-13(12)16/h1-6,9,11,14-15,20H,7-8,10H2,(H,19,21)/t14-,15-/m0/s1. The summed E-state index contributed by atoms with van der Waals surface area (Å²) < 4.78 is 5.37. The molecule has 1 fully saturated rings. The molecule has 0 saturated heterocycles. The van der Waals surface area contributed by atoms with E-state index in [1.54, 1.807) is 6.26 Å². The number of furan rings is 1. The zero-order valence-electron chi connectivity index (χ0n) is 12.2. The molecular weight excluding hydrogens is 276 g/mol. The van der Waals surface area contributed by atoms with Gasteiger partial charge in [-0.15, -0.1) is 0 Å². The summed E-state index contributed by atoms with van der Waals surface area (Å²) in [4.78, 5) is 15.4. The topological polar surface area (TPSA) is 58.0 Å². The summed E-state index contributed by atoms with van der Waals surface area (Å²) in [6, 6.07) is 12.1. The average Bonchev–Trinajstić information content (AvgIpc) is 2.98. The first-order chi connectivity index (χ1) is 10.8. The van der Waals surface area contributed by atoms with E-state index in [1.165, 1.54) is 10.9 Å². The average molecular weight is 294 g/mol. The third kappa shape index (κ3) is 2.41.